The second kappa shape index (κ2) is 6.09. The van der Waals surface area contributed by atoms with Crippen LogP contribution in [0.1, 0.15) is 43.9 Å². The van der Waals surface area contributed by atoms with Crippen molar-refractivity contribution in [3.63, 3.8) is 0 Å². The number of nitrogens with one attached hydrogen (secondary N) is 2. The second-order valence-electron chi connectivity index (χ2n) is 6.25. The summed E-state index contributed by atoms with van der Waals surface area (Å²) in [5.41, 5.74) is 4.72. The molecule has 0 radical (unpaired) electrons. The zero-order valence-electron chi connectivity index (χ0n) is 13.0. The van der Waals surface area contributed by atoms with Crippen LogP contribution in [-0.4, -0.2) is 18.0 Å². The van der Waals surface area contributed by atoms with E-state index in [9.17, 15) is 4.79 Å². The Hall–Kier alpha value is -1.51. The van der Waals surface area contributed by atoms with Gasteiger partial charge in [0.2, 0.25) is 5.91 Å². The number of anilines is 1. The first kappa shape index (κ1) is 15.5. The fourth-order valence-corrected chi connectivity index (χ4v) is 2.24. The fourth-order valence-electron chi connectivity index (χ4n) is 2.24. The Morgan fingerprint density at radius 1 is 1.11 bits per heavy atom. The highest BCUT2D eigenvalue weighted by molar-refractivity contribution is 5.77. The first-order chi connectivity index (χ1) is 8.69. The Morgan fingerprint density at radius 2 is 1.63 bits per heavy atom. The standard InChI is InChI=1S/C16H26N2O/c1-11-9-12(2)15(13(3)10-11)17-8-7-14(19)18-16(4,5)6/h9-10,17H,7-8H2,1-6H3,(H,18,19). The lowest BCUT2D eigenvalue weighted by atomic mass is 10.0. The third kappa shape index (κ3) is 5.33. The van der Waals surface area contributed by atoms with Crippen LogP contribution in [0.5, 0.6) is 0 Å². The average molecular weight is 262 g/mol. The van der Waals surface area contributed by atoms with Crippen LogP contribution in [0.3, 0.4) is 0 Å². The van der Waals surface area contributed by atoms with Gasteiger partial charge in [-0.2, -0.15) is 0 Å². The molecule has 2 N–H and O–H groups in total. The molecule has 0 aliphatic carbocycles. The minimum Gasteiger partial charge on any atom is -0.384 e. The molecule has 19 heavy (non-hydrogen) atoms. The molecule has 3 heteroatoms. The third-order valence-corrected chi connectivity index (χ3v) is 2.85. The SMILES string of the molecule is Cc1cc(C)c(NCCC(=O)NC(C)(C)C)c(C)c1. The first-order valence-electron chi connectivity index (χ1n) is 6.82. The number of amides is 1. The molecule has 1 rings (SSSR count). The summed E-state index contributed by atoms with van der Waals surface area (Å²) < 4.78 is 0. The van der Waals surface area contributed by atoms with Gasteiger partial charge in [0.15, 0.2) is 0 Å². The van der Waals surface area contributed by atoms with Crippen molar-refractivity contribution in [3.8, 4) is 0 Å². The van der Waals surface area contributed by atoms with Crippen molar-refractivity contribution < 1.29 is 4.79 Å². The molecule has 106 valence electrons. The maximum Gasteiger partial charge on any atom is 0.222 e. The molecule has 0 spiro atoms. The summed E-state index contributed by atoms with van der Waals surface area (Å²) in [5, 5.41) is 6.33. The van der Waals surface area contributed by atoms with Crippen LogP contribution in [0.15, 0.2) is 12.1 Å². The van der Waals surface area contributed by atoms with E-state index in [0.717, 1.165) is 5.69 Å². The summed E-state index contributed by atoms with van der Waals surface area (Å²) in [4.78, 5) is 11.7. The average Bonchev–Trinajstić information content (AvgIpc) is 2.19. The molecule has 0 aromatic heterocycles. The normalized spacial score (nSPS) is 11.3. The highest BCUT2D eigenvalue weighted by Gasteiger charge is 2.13. The predicted molar refractivity (Wildman–Crippen MR) is 81.7 cm³/mol. The number of benzene rings is 1. The van der Waals surface area contributed by atoms with E-state index in [4.69, 9.17) is 0 Å². The zero-order chi connectivity index (χ0) is 14.6. The molecular formula is C16H26N2O. The van der Waals surface area contributed by atoms with E-state index in [1.165, 1.54) is 16.7 Å². The van der Waals surface area contributed by atoms with E-state index in [2.05, 4.69) is 43.5 Å². The van der Waals surface area contributed by atoms with Crippen molar-refractivity contribution in [2.24, 2.45) is 0 Å². The molecule has 0 aliphatic rings. The van der Waals surface area contributed by atoms with E-state index in [1.807, 2.05) is 20.8 Å². The Morgan fingerprint density at radius 3 is 2.11 bits per heavy atom. The van der Waals surface area contributed by atoms with E-state index in [1.54, 1.807) is 0 Å². The summed E-state index contributed by atoms with van der Waals surface area (Å²) in [6, 6.07) is 4.31. The van der Waals surface area contributed by atoms with Gasteiger partial charge in [0.05, 0.1) is 0 Å². The lowest BCUT2D eigenvalue weighted by molar-refractivity contribution is -0.122. The second-order valence-corrected chi connectivity index (χ2v) is 6.25. The van der Waals surface area contributed by atoms with E-state index < -0.39 is 0 Å². The monoisotopic (exact) mass is 262 g/mol. The van der Waals surface area contributed by atoms with Crippen molar-refractivity contribution in [3.05, 3.63) is 28.8 Å². The summed E-state index contributed by atoms with van der Waals surface area (Å²) in [6.45, 7) is 12.9. The molecule has 0 fully saturated rings. The molecular weight excluding hydrogens is 236 g/mol. The van der Waals surface area contributed by atoms with Crippen LogP contribution in [0.4, 0.5) is 5.69 Å². The highest BCUT2D eigenvalue weighted by atomic mass is 16.1. The lowest BCUT2D eigenvalue weighted by Gasteiger charge is -2.21. The van der Waals surface area contributed by atoms with Gasteiger partial charge in [-0.25, -0.2) is 0 Å². The molecule has 3 nitrogen and oxygen atoms in total. The molecule has 0 bridgehead atoms. The maximum atomic E-state index is 11.7. The van der Waals surface area contributed by atoms with E-state index in [0.29, 0.717) is 13.0 Å². The largest absolute Gasteiger partial charge is 0.384 e. The minimum atomic E-state index is -0.160. The van der Waals surface area contributed by atoms with E-state index >= 15 is 0 Å². The molecule has 1 aromatic rings. The molecule has 0 atom stereocenters. The van der Waals surface area contributed by atoms with Crippen molar-refractivity contribution >= 4 is 11.6 Å². The lowest BCUT2D eigenvalue weighted by Crippen LogP contribution is -2.41. The van der Waals surface area contributed by atoms with Crippen molar-refractivity contribution in [2.45, 2.75) is 53.5 Å². The highest BCUT2D eigenvalue weighted by Crippen LogP contribution is 2.21. The van der Waals surface area contributed by atoms with Gasteiger partial charge in [0.1, 0.15) is 0 Å². The van der Waals surface area contributed by atoms with Crippen molar-refractivity contribution in [2.75, 3.05) is 11.9 Å². The summed E-state index contributed by atoms with van der Waals surface area (Å²) in [6.07, 6.45) is 0.490. The van der Waals surface area contributed by atoms with Gasteiger partial charge in [-0.05, 0) is 52.7 Å². The Labute approximate surface area is 116 Å². The van der Waals surface area contributed by atoms with Crippen LogP contribution < -0.4 is 10.6 Å². The van der Waals surface area contributed by atoms with E-state index in [-0.39, 0.29) is 11.4 Å². The van der Waals surface area contributed by atoms with Gasteiger partial charge in [-0.3, -0.25) is 4.79 Å². The maximum absolute atomic E-state index is 11.7. The van der Waals surface area contributed by atoms with Crippen LogP contribution in [0, 0.1) is 20.8 Å². The van der Waals surface area contributed by atoms with Crippen molar-refractivity contribution in [1.82, 2.24) is 5.32 Å². The summed E-state index contributed by atoms with van der Waals surface area (Å²) in [5.74, 6) is 0.0856. The van der Waals surface area contributed by atoms with Crippen LogP contribution in [0.25, 0.3) is 0 Å². The molecule has 1 aromatic carbocycles. The number of aryl methyl sites for hydroxylation is 3. The van der Waals surface area contributed by atoms with Gasteiger partial charge in [-0.15, -0.1) is 0 Å². The molecule has 0 aliphatic heterocycles. The number of hydrogen-bond acceptors (Lipinski definition) is 2. The van der Waals surface area contributed by atoms with Gasteiger partial charge in [0, 0.05) is 24.2 Å². The molecule has 1 amide bonds. The van der Waals surface area contributed by atoms with Gasteiger partial charge < -0.3 is 10.6 Å². The smallest absolute Gasteiger partial charge is 0.222 e. The first-order valence-corrected chi connectivity index (χ1v) is 6.82. The van der Waals surface area contributed by atoms with Gasteiger partial charge >= 0.3 is 0 Å². The fraction of sp³-hybridized carbons (Fsp3) is 0.562. The molecule has 0 saturated carbocycles. The summed E-state index contributed by atoms with van der Waals surface area (Å²) >= 11 is 0. The van der Waals surface area contributed by atoms with Crippen LogP contribution >= 0.6 is 0 Å². The Balaban J connectivity index is 2.52. The van der Waals surface area contributed by atoms with Crippen LogP contribution in [-0.2, 0) is 4.79 Å². The number of carbonyl (C=O) groups excluding carboxylic acids is 1. The molecule has 0 saturated heterocycles. The van der Waals surface area contributed by atoms with Crippen molar-refractivity contribution in [1.29, 1.82) is 0 Å². The Kier molecular flexibility index (Phi) is 4.98. The zero-order valence-corrected chi connectivity index (χ0v) is 13.0. The summed E-state index contributed by atoms with van der Waals surface area (Å²) in [7, 11) is 0. The third-order valence-electron chi connectivity index (χ3n) is 2.85. The predicted octanol–water partition coefficient (Wildman–Crippen LogP) is 3.33. The number of rotatable bonds is 4. The van der Waals surface area contributed by atoms with Gasteiger partial charge in [0.25, 0.3) is 0 Å². The van der Waals surface area contributed by atoms with Crippen LogP contribution in [0.2, 0.25) is 0 Å². The topological polar surface area (TPSA) is 41.1 Å². The number of hydrogen-bond donors (Lipinski definition) is 2. The van der Waals surface area contributed by atoms with Gasteiger partial charge in [-0.1, -0.05) is 17.7 Å². The molecule has 0 unspecified atom stereocenters. The Bertz CT molecular complexity index is 435. The quantitative estimate of drug-likeness (QED) is 0.874. The number of carbonyl (C=O) groups is 1. The molecule has 0 heterocycles. The minimum absolute atomic E-state index is 0.0856.